The van der Waals surface area contributed by atoms with Gasteiger partial charge in [-0.25, -0.2) is 14.4 Å². The second kappa shape index (κ2) is 5.78. The van der Waals surface area contributed by atoms with E-state index in [-0.39, 0.29) is 5.82 Å². The number of nitrogens with one attached hydrogen (secondary N) is 1. The molecule has 0 bridgehead atoms. The molecule has 0 atom stereocenters. The van der Waals surface area contributed by atoms with Crippen LogP contribution in [0.5, 0.6) is 0 Å². The van der Waals surface area contributed by atoms with Gasteiger partial charge in [0.15, 0.2) is 5.82 Å². The van der Waals surface area contributed by atoms with Gasteiger partial charge in [-0.3, -0.25) is 10.1 Å². The largest absolute Gasteiger partial charge is 0.370 e. The summed E-state index contributed by atoms with van der Waals surface area (Å²) in [6.45, 7) is 4.04. The Kier molecular flexibility index (Phi) is 4.06. The van der Waals surface area contributed by atoms with Gasteiger partial charge in [0, 0.05) is 24.4 Å². The molecule has 0 spiro atoms. The molecule has 0 unspecified atom stereocenters. The van der Waals surface area contributed by atoms with Gasteiger partial charge < -0.3 is 5.32 Å². The summed E-state index contributed by atoms with van der Waals surface area (Å²) < 4.78 is 28.0. The maximum Gasteiger partial charge on any atom is 0.305 e. The second-order valence-electron chi connectivity index (χ2n) is 4.26. The van der Waals surface area contributed by atoms with E-state index in [0.29, 0.717) is 18.1 Å². The zero-order valence-corrected chi connectivity index (χ0v) is 11.4. The number of halogens is 2. The molecule has 2 rings (SSSR count). The van der Waals surface area contributed by atoms with E-state index in [1.807, 2.05) is 6.92 Å². The number of nitrogens with zero attached hydrogens (tertiary/aromatic N) is 3. The number of aryl methyl sites for hydroxylation is 1. The number of nitro groups is 1. The van der Waals surface area contributed by atoms with E-state index < -0.39 is 27.8 Å². The lowest BCUT2D eigenvalue weighted by atomic mass is 10.1. The molecular formula is C13H12F2N4O2. The van der Waals surface area contributed by atoms with Crippen LogP contribution >= 0.6 is 0 Å². The van der Waals surface area contributed by atoms with Gasteiger partial charge in [0.25, 0.3) is 0 Å². The Morgan fingerprint density at radius 1 is 1.33 bits per heavy atom. The third-order valence-corrected chi connectivity index (χ3v) is 2.70. The fourth-order valence-corrected chi connectivity index (χ4v) is 1.84. The summed E-state index contributed by atoms with van der Waals surface area (Å²) in [5.74, 6) is -2.07. The van der Waals surface area contributed by atoms with Crippen LogP contribution in [0.2, 0.25) is 0 Å². The molecule has 1 heterocycles. The van der Waals surface area contributed by atoms with Crippen molar-refractivity contribution in [2.24, 2.45) is 0 Å². The average Bonchev–Trinajstić information content (AvgIpc) is 2.38. The molecule has 0 saturated heterocycles. The van der Waals surface area contributed by atoms with Crippen molar-refractivity contribution >= 4 is 11.5 Å². The molecular weight excluding hydrogens is 282 g/mol. The third-order valence-electron chi connectivity index (χ3n) is 2.70. The van der Waals surface area contributed by atoms with Gasteiger partial charge in [-0.15, -0.1) is 0 Å². The summed E-state index contributed by atoms with van der Waals surface area (Å²) in [5.41, 5.74) is -0.935. The molecule has 21 heavy (non-hydrogen) atoms. The molecule has 0 aliphatic heterocycles. The molecule has 0 saturated carbocycles. The van der Waals surface area contributed by atoms with Gasteiger partial charge in [0.05, 0.1) is 10.5 Å². The van der Waals surface area contributed by atoms with Crippen LogP contribution in [0.3, 0.4) is 0 Å². The average molecular weight is 294 g/mol. The van der Waals surface area contributed by atoms with E-state index in [1.165, 1.54) is 0 Å². The zero-order valence-electron chi connectivity index (χ0n) is 11.4. The van der Waals surface area contributed by atoms with E-state index in [4.69, 9.17) is 0 Å². The topological polar surface area (TPSA) is 81.0 Å². The lowest BCUT2D eigenvalue weighted by molar-refractivity contribution is -0.387. The smallest absolute Gasteiger partial charge is 0.305 e. The van der Waals surface area contributed by atoms with E-state index >= 15 is 0 Å². The van der Waals surface area contributed by atoms with Crippen molar-refractivity contribution in [1.29, 1.82) is 0 Å². The number of aromatic nitrogens is 2. The minimum Gasteiger partial charge on any atom is -0.370 e. The normalized spacial score (nSPS) is 10.5. The summed E-state index contributed by atoms with van der Waals surface area (Å²) in [4.78, 5) is 17.8. The summed E-state index contributed by atoms with van der Waals surface area (Å²) in [6, 6.07) is 3.21. The summed E-state index contributed by atoms with van der Waals surface area (Å²) in [6.07, 6.45) is 0. The number of anilines is 1. The maximum atomic E-state index is 14.1. The van der Waals surface area contributed by atoms with Crippen molar-refractivity contribution in [1.82, 2.24) is 9.97 Å². The molecule has 6 nitrogen and oxygen atoms in total. The van der Waals surface area contributed by atoms with Gasteiger partial charge >= 0.3 is 5.69 Å². The fraction of sp³-hybridized carbons (Fsp3) is 0.231. The Hall–Kier alpha value is -2.64. The van der Waals surface area contributed by atoms with Crippen LogP contribution in [0.1, 0.15) is 12.6 Å². The first kappa shape index (κ1) is 14.8. The monoisotopic (exact) mass is 294 g/mol. The Labute approximate surface area is 119 Å². The molecule has 1 aromatic heterocycles. The van der Waals surface area contributed by atoms with Crippen LogP contribution in [-0.2, 0) is 0 Å². The summed E-state index contributed by atoms with van der Waals surface area (Å²) >= 11 is 0. The molecule has 0 amide bonds. The predicted molar refractivity (Wildman–Crippen MR) is 72.9 cm³/mol. The molecule has 110 valence electrons. The number of hydrogen-bond acceptors (Lipinski definition) is 5. The van der Waals surface area contributed by atoms with E-state index in [2.05, 4.69) is 15.3 Å². The predicted octanol–water partition coefficient (Wildman–Crippen LogP) is 3.07. The van der Waals surface area contributed by atoms with Crippen molar-refractivity contribution in [3.63, 3.8) is 0 Å². The molecule has 0 aliphatic carbocycles. The number of rotatable bonds is 4. The van der Waals surface area contributed by atoms with Crippen LogP contribution in [-0.4, -0.2) is 21.4 Å². The highest BCUT2D eigenvalue weighted by molar-refractivity contribution is 5.63. The zero-order chi connectivity index (χ0) is 15.6. The minimum absolute atomic E-state index is 0.232. The van der Waals surface area contributed by atoms with Crippen molar-refractivity contribution in [2.75, 3.05) is 11.9 Å². The fourth-order valence-electron chi connectivity index (χ4n) is 1.84. The number of benzene rings is 1. The molecule has 0 radical (unpaired) electrons. The van der Waals surface area contributed by atoms with Gasteiger partial charge in [0.2, 0.25) is 5.82 Å². The maximum absolute atomic E-state index is 14.1. The highest BCUT2D eigenvalue weighted by atomic mass is 19.1. The molecule has 8 heteroatoms. The van der Waals surface area contributed by atoms with Crippen molar-refractivity contribution in [3.8, 4) is 11.4 Å². The lowest BCUT2D eigenvalue weighted by Crippen LogP contribution is -2.05. The first-order valence-electron chi connectivity index (χ1n) is 6.16. The number of hydrogen-bond donors (Lipinski definition) is 1. The van der Waals surface area contributed by atoms with E-state index in [0.717, 1.165) is 12.1 Å². The van der Waals surface area contributed by atoms with Crippen LogP contribution in [0.15, 0.2) is 18.2 Å². The quantitative estimate of drug-likeness (QED) is 0.692. The molecule has 2 aromatic rings. The van der Waals surface area contributed by atoms with Crippen molar-refractivity contribution in [2.45, 2.75) is 13.8 Å². The molecule has 0 aliphatic rings. The van der Waals surface area contributed by atoms with Gasteiger partial charge in [0.1, 0.15) is 11.6 Å². The van der Waals surface area contributed by atoms with Crippen molar-refractivity contribution < 1.29 is 13.7 Å². The summed E-state index contributed by atoms with van der Waals surface area (Å²) in [5, 5.41) is 13.6. The molecule has 1 N–H and O–H groups in total. The van der Waals surface area contributed by atoms with E-state index in [1.54, 1.807) is 13.0 Å². The molecule has 0 fully saturated rings. The first-order valence-corrected chi connectivity index (χ1v) is 6.16. The van der Waals surface area contributed by atoms with Gasteiger partial charge in [-0.05, 0) is 19.9 Å². The Bertz CT molecular complexity index is 707. The Morgan fingerprint density at radius 3 is 2.67 bits per heavy atom. The lowest BCUT2D eigenvalue weighted by Gasteiger charge is -2.08. The first-order chi connectivity index (χ1) is 9.93. The highest BCUT2D eigenvalue weighted by Gasteiger charge is 2.24. The van der Waals surface area contributed by atoms with Crippen molar-refractivity contribution in [3.05, 3.63) is 45.6 Å². The number of nitro benzene ring substituents is 1. The SMILES string of the molecule is CCNc1cc(C)nc(-c2c(F)ccc([N+](=O)[O-])c2F)n1. The Balaban J connectivity index is 2.66. The van der Waals surface area contributed by atoms with Gasteiger partial charge in [-0.1, -0.05) is 0 Å². The molecule has 1 aromatic carbocycles. The Morgan fingerprint density at radius 2 is 2.05 bits per heavy atom. The summed E-state index contributed by atoms with van der Waals surface area (Å²) in [7, 11) is 0. The van der Waals surface area contributed by atoms with E-state index in [9.17, 15) is 18.9 Å². The highest BCUT2D eigenvalue weighted by Crippen LogP contribution is 2.30. The van der Waals surface area contributed by atoms with Gasteiger partial charge in [-0.2, -0.15) is 4.39 Å². The standard InChI is InChI=1S/C13H12F2N4O2/c1-3-16-10-6-7(2)17-13(18-10)11-8(14)4-5-9(12(11)15)19(20)21/h4-6H,3H2,1-2H3,(H,16,17,18). The van der Waals surface area contributed by atoms with Crippen LogP contribution in [0.25, 0.3) is 11.4 Å². The van der Waals surface area contributed by atoms with Crippen LogP contribution < -0.4 is 5.32 Å². The minimum atomic E-state index is -1.28. The second-order valence-corrected chi connectivity index (χ2v) is 4.26. The van der Waals surface area contributed by atoms with Crippen LogP contribution in [0.4, 0.5) is 20.3 Å². The third kappa shape index (κ3) is 2.93. The van der Waals surface area contributed by atoms with Crippen LogP contribution in [0, 0.1) is 28.7 Å².